The van der Waals surface area contributed by atoms with Crippen molar-refractivity contribution in [1.29, 1.82) is 0 Å². The highest BCUT2D eigenvalue weighted by Crippen LogP contribution is 2.19. The smallest absolute Gasteiger partial charge is 0.266 e. The van der Waals surface area contributed by atoms with Crippen LogP contribution < -0.4 is 15.0 Å². The Labute approximate surface area is 176 Å². The number of aromatic nitrogens is 2. The molecule has 0 bridgehead atoms. The van der Waals surface area contributed by atoms with Crippen LogP contribution in [-0.4, -0.2) is 31.3 Å². The fourth-order valence-electron chi connectivity index (χ4n) is 3.03. The largest absolute Gasteiger partial charge is 0.494 e. The molecule has 158 valence electrons. The molecule has 0 atom stereocenters. The van der Waals surface area contributed by atoms with E-state index in [1.165, 1.54) is 10.7 Å². The SMILES string of the molecule is CCOc1ccc(-c2ccc(=O)n(CCNS(=O)(=O)Cc3cccc(C)c3)n2)cc1. The minimum Gasteiger partial charge on any atom is -0.494 e. The van der Waals surface area contributed by atoms with Crippen molar-refractivity contribution in [2.75, 3.05) is 13.2 Å². The van der Waals surface area contributed by atoms with Gasteiger partial charge in [-0.05, 0) is 49.7 Å². The molecule has 0 unspecified atom stereocenters. The number of hydrogen-bond donors (Lipinski definition) is 1. The van der Waals surface area contributed by atoms with Crippen LogP contribution >= 0.6 is 0 Å². The maximum absolute atomic E-state index is 12.3. The number of benzene rings is 2. The van der Waals surface area contributed by atoms with Gasteiger partial charge in [0.25, 0.3) is 5.56 Å². The molecule has 2 aromatic carbocycles. The van der Waals surface area contributed by atoms with Gasteiger partial charge < -0.3 is 4.74 Å². The standard InChI is InChI=1S/C22H25N3O4S/c1-3-29-20-9-7-19(8-10-20)21-11-12-22(26)25(24-21)14-13-23-30(27,28)16-18-6-4-5-17(2)15-18/h4-12,15,23H,3,13-14,16H2,1-2H3. The molecule has 30 heavy (non-hydrogen) atoms. The molecule has 0 amide bonds. The van der Waals surface area contributed by atoms with E-state index in [-0.39, 0.29) is 24.4 Å². The summed E-state index contributed by atoms with van der Waals surface area (Å²) in [6, 6.07) is 17.9. The molecule has 8 heteroatoms. The zero-order valence-electron chi connectivity index (χ0n) is 17.0. The molecule has 3 aromatic rings. The van der Waals surface area contributed by atoms with Gasteiger partial charge in [-0.2, -0.15) is 5.10 Å². The predicted octanol–water partition coefficient (Wildman–Crippen LogP) is 2.74. The van der Waals surface area contributed by atoms with Crippen molar-refractivity contribution in [1.82, 2.24) is 14.5 Å². The number of aryl methyl sites for hydroxylation is 1. The molecule has 0 aliphatic rings. The molecule has 0 saturated carbocycles. The average molecular weight is 428 g/mol. The Morgan fingerprint density at radius 1 is 1.07 bits per heavy atom. The number of hydrogen-bond acceptors (Lipinski definition) is 5. The second-order valence-electron chi connectivity index (χ2n) is 6.88. The van der Waals surface area contributed by atoms with E-state index in [0.29, 0.717) is 12.3 Å². The summed E-state index contributed by atoms with van der Waals surface area (Å²) in [6.45, 7) is 4.63. The summed E-state index contributed by atoms with van der Waals surface area (Å²) in [5, 5.41) is 4.36. The third kappa shape index (κ3) is 6.01. The van der Waals surface area contributed by atoms with Gasteiger partial charge in [-0.15, -0.1) is 0 Å². The Morgan fingerprint density at radius 3 is 2.53 bits per heavy atom. The van der Waals surface area contributed by atoms with Gasteiger partial charge in [0.1, 0.15) is 5.75 Å². The Balaban J connectivity index is 1.65. The fourth-order valence-corrected chi connectivity index (χ4v) is 4.15. The Morgan fingerprint density at radius 2 is 1.83 bits per heavy atom. The zero-order chi connectivity index (χ0) is 21.6. The van der Waals surface area contributed by atoms with Crippen LogP contribution in [0.25, 0.3) is 11.3 Å². The lowest BCUT2D eigenvalue weighted by Crippen LogP contribution is -2.32. The molecular formula is C22H25N3O4S. The van der Waals surface area contributed by atoms with E-state index in [2.05, 4.69) is 9.82 Å². The summed E-state index contributed by atoms with van der Waals surface area (Å²) >= 11 is 0. The molecule has 0 aliphatic carbocycles. The normalized spacial score (nSPS) is 11.4. The number of rotatable bonds is 9. The summed E-state index contributed by atoms with van der Waals surface area (Å²) < 4.78 is 33.9. The molecule has 0 radical (unpaired) electrons. The monoisotopic (exact) mass is 427 g/mol. The molecule has 0 aliphatic heterocycles. The van der Waals surface area contributed by atoms with E-state index in [0.717, 1.165) is 22.4 Å². The minimum absolute atomic E-state index is 0.0772. The van der Waals surface area contributed by atoms with Crippen molar-refractivity contribution in [3.8, 4) is 17.0 Å². The third-order valence-electron chi connectivity index (χ3n) is 4.41. The molecule has 3 rings (SSSR count). The van der Waals surface area contributed by atoms with Crippen LogP contribution in [0.2, 0.25) is 0 Å². The lowest BCUT2D eigenvalue weighted by molar-refractivity contribution is 0.340. The molecule has 7 nitrogen and oxygen atoms in total. The van der Waals surface area contributed by atoms with Crippen LogP contribution in [0.1, 0.15) is 18.1 Å². The summed E-state index contributed by atoms with van der Waals surface area (Å²) in [5.41, 5.74) is 2.90. The second-order valence-corrected chi connectivity index (χ2v) is 8.69. The van der Waals surface area contributed by atoms with E-state index in [1.54, 1.807) is 12.1 Å². The number of nitrogens with one attached hydrogen (secondary N) is 1. The summed E-state index contributed by atoms with van der Waals surface area (Å²) in [4.78, 5) is 12.1. The molecule has 1 N–H and O–H groups in total. The van der Waals surface area contributed by atoms with E-state index in [4.69, 9.17) is 4.74 Å². The third-order valence-corrected chi connectivity index (χ3v) is 5.77. The van der Waals surface area contributed by atoms with Gasteiger partial charge in [-0.25, -0.2) is 17.8 Å². The first-order valence-electron chi connectivity index (χ1n) is 9.70. The van der Waals surface area contributed by atoms with Crippen molar-refractivity contribution < 1.29 is 13.2 Å². The van der Waals surface area contributed by atoms with Crippen molar-refractivity contribution in [3.05, 3.63) is 82.1 Å². The van der Waals surface area contributed by atoms with Crippen molar-refractivity contribution >= 4 is 10.0 Å². The Bertz CT molecular complexity index is 1160. The van der Waals surface area contributed by atoms with Crippen LogP contribution in [0.4, 0.5) is 0 Å². The van der Waals surface area contributed by atoms with E-state index >= 15 is 0 Å². The van der Waals surface area contributed by atoms with E-state index < -0.39 is 10.0 Å². The van der Waals surface area contributed by atoms with Crippen molar-refractivity contribution in [2.45, 2.75) is 26.1 Å². The first-order valence-corrected chi connectivity index (χ1v) is 11.4. The van der Waals surface area contributed by atoms with Crippen molar-refractivity contribution in [3.63, 3.8) is 0 Å². The van der Waals surface area contributed by atoms with Crippen LogP contribution in [0.3, 0.4) is 0 Å². The highest BCUT2D eigenvalue weighted by Gasteiger charge is 2.12. The molecule has 0 spiro atoms. The molecule has 0 fully saturated rings. The van der Waals surface area contributed by atoms with E-state index in [9.17, 15) is 13.2 Å². The highest BCUT2D eigenvalue weighted by molar-refractivity contribution is 7.88. The summed E-state index contributed by atoms with van der Waals surface area (Å²) in [6.07, 6.45) is 0. The molecule has 0 saturated heterocycles. The van der Waals surface area contributed by atoms with Gasteiger partial charge >= 0.3 is 0 Å². The Hall–Kier alpha value is -2.97. The van der Waals surface area contributed by atoms with Crippen molar-refractivity contribution in [2.24, 2.45) is 0 Å². The minimum atomic E-state index is -3.51. The van der Waals surface area contributed by atoms with E-state index in [1.807, 2.05) is 56.3 Å². The zero-order valence-corrected chi connectivity index (χ0v) is 17.9. The molecule has 1 aromatic heterocycles. The summed E-state index contributed by atoms with van der Waals surface area (Å²) in [5.74, 6) is 0.654. The van der Waals surface area contributed by atoms with Crippen LogP contribution in [-0.2, 0) is 22.3 Å². The quantitative estimate of drug-likeness (QED) is 0.567. The summed E-state index contributed by atoms with van der Waals surface area (Å²) in [7, 11) is -3.51. The Kier molecular flexibility index (Phi) is 7.02. The number of sulfonamides is 1. The first-order chi connectivity index (χ1) is 14.4. The van der Waals surface area contributed by atoms with Gasteiger partial charge in [0, 0.05) is 18.2 Å². The fraction of sp³-hybridized carbons (Fsp3) is 0.273. The molecule has 1 heterocycles. The lowest BCUT2D eigenvalue weighted by atomic mass is 10.1. The topological polar surface area (TPSA) is 90.3 Å². The first kappa shape index (κ1) is 21.7. The maximum Gasteiger partial charge on any atom is 0.266 e. The average Bonchev–Trinajstić information content (AvgIpc) is 2.70. The predicted molar refractivity (Wildman–Crippen MR) is 117 cm³/mol. The van der Waals surface area contributed by atoms with Crippen LogP contribution in [0.5, 0.6) is 5.75 Å². The highest BCUT2D eigenvalue weighted by atomic mass is 32.2. The van der Waals surface area contributed by atoms with Crippen LogP contribution in [0, 0.1) is 6.92 Å². The van der Waals surface area contributed by atoms with Gasteiger partial charge in [-0.3, -0.25) is 4.79 Å². The maximum atomic E-state index is 12.3. The van der Waals surface area contributed by atoms with Crippen LogP contribution in [0.15, 0.2) is 65.5 Å². The van der Waals surface area contributed by atoms with Gasteiger partial charge in [-0.1, -0.05) is 29.8 Å². The van der Waals surface area contributed by atoms with Gasteiger partial charge in [0.15, 0.2) is 0 Å². The second kappa shape index (κ2) is 9.69. The number of ether oxygens (including phenoxy) is 1. The number of nitrogens with zero attached hydrogens (tertiary/aromatic N) is 2. The molecular weight excluding hydrogens is 402 g/mol. The van der Waals surface area contributed by atoms with Gasteiger partial charge in [0.2, 0.25) is 10.0 Å². The lowest BCUT2D eigenvalue weighted by Gasteiger charge is -2.10. The van der Waals surface area contributed by atoms with Gasteiger partial charge in [0.05, 0.1) is 24.6 Å².